The van der Waals surface area contributed by atoms with Gasteiger partial charge in [-0.25, -0.2) is 0 Å². The molecule has 0 bridgehead atoms. The molecular formula is C16H18O5. The highest BCUT2D eigenvalue weighted by Crippen LogP contribution is 2.58. The minimum absolute atomic E-state index is 0.232. The van der Waals surface area contributed by atoms with Gasteiger partial charge in [0, 0.05) is 5.92 Å². The number of hydrogen-bond acceptors (Lipinski definition) is 5. The van der Waals surface area contributed by atoms with E-state index in [1.807, 2.05) is 12.1 Å². The molecule has 1 aromatic rings. The molecule has 1 heterocycles. The lowest BCUT2D eigenvalue weighted by atomic mass is 9.63. The molecule has 1 aromatic carbocycles. The lowest BCUT2D eigenvalue weighted by molar-refractivity contribution is -0.385. The van der Waals surface area contributed by atoms with Crippen LogP contribution in [0.2, 0.25) is 0 Å². The standard InChI is InChI=1S/C16H18O5/c1-19-12-8-10(9-13-14(12)21-16(17,18)20-13)11-4-7-15(11)5-2-3-6-15/h4,7-9,11,17-18H,2-3,5-6H2,1H3. The smallest absolute Gasteiger partial charge is 0.493 e. The third-order valence-electron chi connectivity index (χ3n) is 4.87. The summed E-state index contributed by atoms with van der Waals surface area (Å²) in [6.07, 6.45) is 6.83. The first-order valence-electron chi connectivity index (χ1n) is 7.27. The van der Waals surface area contributed by atoms with Gasteiger partial charge < -0.3 is 14.2 Å². The third kappa shape index (κ3) is 1.84. The van der Waals surface area contributed by atoms with Crippen molar-refractivity contribution in [2.45, 2.75) is 37.8 Å². The van der Waals surface area contributed by atoms with Crippen LogP contribution in [0.3, 0.4) is 0 Å². The number of hydrogen-bond donors (Lipinski definition) is 2. The molecule has 1 unspecified atom stereocenters. The van der Waals surface area contributed by atoms with Crippen molar-refractivity contribution in [2.75, 3.05) is 7.11 Å². The van der Waals surface area contributed by atoms with Gasteiger partial charge in [0.1, 0.15) is 0 Å². The number of fused-ring (bicyclic) bond motifs is 1. The minimum Gasteiger partial charge on any atom is -0.493 e. The molecule has 1 fully saturated rings. The van der Waals surface area contributed by atoms with Crippen molar-refractivity contribution < 1.29 is 24.4 Å². The zero-order valence-electron chi connectivity index (χ0n) is 11.8. The molecular weight excluding hydrogens is 272 g/mol. The molecule has 5 heteroatoms. The van der Waals surface area contributed by atoms with Crippen LogP contribution in [0, 0.1) is 5.41 Å². The summed E-state index contributed by atoms with van der Waals surface area (Å²) in [7, 11) is 1.53. The highest BCUT2D eigenvalue weighted by molar-refractivity contribution is 5.57. The van der Waals surface area contributed by atoms with Crippen molar-refractivity contribution >= 4 is 0 Å². The summed E-state index contributed by atoms with van der Waals surface area (Å²) in [6.45, 7) is 0. The van der Waals surface area contributed by atoms with Crippen molar-refractivity contribution in [2.24, 2.45) is 5.41 Å². The molecule has 1 aliphatic heterocycles. The predicted molar refractivity (Wildman–Crippen MR) is 74.2 cm³/mol. The number of ether oxygens (including phenoxy) is 3. The van der Waals surface area contributed by atoms with Gasteiger partial charge in [0.25, 0.3) is 0 Å². The van der Waals surface area contributed by atoms with Crippen LogP contribution in [0.25, 0.3) is 0 Å². The van der Waals surface area contributed by atoms with Crippen LogP contribution in [0.4, 0.5) is 0 Å². The van der Waals surface area contributed by atoms with Gasteiger partial charge >= 0.3 is 6.16 Å². The normalized spacial score (nSPS) is 26.9. The molecule has 4 rings (SSSR count). The Morgan fingerprint density at radius 1 is 1.19 bits per heavy atom. The SMILES string of the molecule is COc1cc(C2C=CC23CCCC3)cc2c1OC(O)(O)O2. The predicted octanol–water partition coefficient (Wildman–Crippen LogP) is 2.28. The number of allylic oxidation sites excluding steroid dienone is 2. The van der Waals surface area contributed by atoms with E-state index in [2.05, 4.69) is 12.2 Å². The molecule has 2 aliphatic carbocycles. The molecule has 1 saturated carbocycles. The molecule has 0 saturated heterocycles. The molecule has 0 amide bonds. The van der Waals surface area contributed by atoms with Gasteiger partial charge in [-0.05, 0) is 36.0 Å². The second-order valence-electron chi connectivity index (χ2n) is 6.08. The second kappa shape index (κ2) is 4.15. The number of methoxy groups -OCH3 is 1. The van der Waals surface area contributed by atoms with Gasteiger partial charge in [-0.3, -0.25) is 10.2 Å². The maximum absolute atomic E-state index is 9.48. The number of benzene rings is 1. The molecule has 21 heavy (non-hydrogen) atoms. The van der Waals surface area contributed by atoms with E-state index in [1.165, 1.54) is 32.8 Å². The van der Waals surface area contributed by atoms with Crippen LogP contribution < -0.4 is 14.2 Å². The Morgan fingerprint density at radius 3 is 2.57 bits per heavy atom. The summed E-state index contributed by atoms with van der Waals surface area (Å²) in [4.78, 5) is 0. The fraction of sp³-hybridized carbons (Fsp3) is 0.500. The van der Waals surface area contributed by atoms with Crippen LogP contribution in [-0.4, -0.2) is 23.5 Å². The van der Waals surface area contributed by atoms with E-state index in [9.17, 15) is 10.2 Å². The molecule has 112 valence electrons. The maximum Gasteiger partial charge on any atom is 0.505 e. The van der Waals surface area contributed by atoms with E-state index in [-0.39, 0.29) is 11.2 Å². The first-order chi connectivity index (χ1) is 10.0. The lowest BCUT2D eigenvalue weighted by Crippen LogP contribution is -2.37. The number of rotatable bonds is 2. The minimum atomic E-state index is -2.62. The molecule has 5 nitrogen and oxygen atoms in total. The van der Waals surface area contributed by atoms with Gasteiger partial charge in [-0.15, -0.1) is 0 Å². The fourth-order valence-electron chi connectivity index (χ4n) is 3.82. The summed E-state index contributed by atoms with van der Waals surface area (Å²) >= 11 is 0. The van der Waals surface area contributed by atoms with Crippen molar-refractivity contribution in [1.82, 2.24) is 0 Å². The van der Waals surface area contributed by atoms with Gasteiger partial charge in [0.2, 0.25) is 5.75 Å². The monoisotopic (exact) mass is 290 g/mol. The summed E-state index contributed by atoms with van der Waals surface area (Å²) in [5.41, 5.74) is 1.32. The van der Waals surface area contributed by atoms with Crippen LogP contribution in [0.15, 0.2) is 24.3 Å². The number of aliphatic hydroxyl groups is 2. The zero-order valence-corrected chi connectivity index (χ0v) is 11.8. The second-order valence-corrected chi connectivity index (χ2v) is 6.08. The first-order valence-corrected chi connectivity index (χ1v) is 7.27. The molecule has 1 atom stereocenters. The molecule has 2 N–H and O–H groups in total. The Morgan fingerprint density at radius 2 is 1.95 bits per heavy atom. The average molecular weight is 290 g/mol. The van der Waals surface area contributed by atoms with Crippen molar-refractivity contribution in [3.63, 3.8) is 0 Å². The Bertz CT molecular complexity index is 613. The molecule has 3 aliphatic rings. The van der Waals surface area contributed by atoms with E-state index in [1.54, 1.807) is 0 Å². The Kier molecular flexibility index (Phi) is 2.56. The fourth-order valence-corrected chi connectivity index (χ4v) is 3.82. The summed E-state index contributed by atoms with van der Waals surface area (Å²) in [6, 6.07) is 3.72. The van der Waals surface area contributed by atoms with Crippen molar-refractivity contribution in [3.8, 4) is 17.2 Å². The van der Waals surface area contributed by atoms with E-state index >= 15 is 0 Å². The zero-order chi connectivity index (χ0) is 14.7. The van der Waals surface area contributed by atoms with E-state index in [0.717, 1.165) is 5.56 Å². The Labute approximate surface area is 122 Å². The van der Waals surface area contributed by atoms with Crippen LogP contribution in [0.1, 0.15) is 37.2 Å². The average Bonchev–Trinajstić information content (AvgIpc) is 3.00. The largest absolute Gasteiger partial charge is 0.505 e. The Balaban J connectivity index is 1.74. The van der Waals surface area contributed by atoms with Crippen LogP contribution in [-0.2, 0) is 0 Å². The highest BCUT2D eigenvalue weighted by atomic mass is 17.0. The third-order valence-corrected chi connectivity index (χ3v) is 4.87. The van der Waals surface area contributed by atoms with Gasteiger partial charge in [-0.2, -0.15) is 0 Å². The highest BCUT2D eigenvalue weighted by Gasteiger charge is 2.46. The molecule has 0 aromatic heterocycles. The summed E-state index contributed by atoms with van der Waals surface area (Å²) in [5.74, 6) is 1.33. The van der Waals surface area contributed by atoms with E-state index in [0.29, 0.717) is 17.4 Å². The lowest BCUT2D eigenvalue weighted by Gasteiger charge is -2.41. The van der Waals surface area contributed by atoms with E-state index in [4.69, 9.17) is 14.2 Å². The van der Waals surface area contributed by atoms with E-state index < -0.39 is 6.16 Å². The van der Waals surface area contributed by atoms with Crippen LogP contribution in [0.5, 0.6) is 17.2 Å². The first kappa shape index (κ1) is 13.0. The van der Waals surface area contributed by atoms with Gasteiger partial charge in [0.05, 0.1) is 7.11 Å². The van der Waals surface area contributed by atoms with Gasteiger partial charge in [-0.1, -0.05) is 25.0 Å². The topological polar surface area (TPSA) is 68.2 Å². The van der Waals surface area contributed by atoms with Crippen LogP contribution >= 0.6 is 0 Å². The van der Waals surface area contributed by atoms with Gasteiger partial charge in [0.15, 0.2) is 11.5 Å². The maximum atomic E-state index is 9.48. The molecule has 0 radical (unpaired) electrons. The van der Waals surface area contributed by atoms with Crippen molar-refractivity contribution in [1.29, 1.82) is 0 Å². The Hall–Kier alpha value is -1.72. The molecule has 1 spiro atoms. The summed E-state index contributed by atoms with van der Waals surface area (Å²) in [5, 5.41) is 19.0. The summed E-state index contributed by atoms with van der Waals surface area (Å²) < 4.78 is 15.3. The van der Waals surface area contributed by atoms with Crippen molar-refractivity contribution in [3.05, 3.63) is 29.8 Å². The quantitative estimate of drug-likeness (QED) is 0.646.